The van der Waals surface area contributed by atoms with E-state index in [0.29, 0.717) is 22.7 Å². The lowest BCUT2D eigenvalue weighted by Gasteiger charge is -2.09. The summed E-state index contributed by atoms with van der Waals surface area (Å²) < 4.78 is 5.47. The summed E-state index contributed by atoms with van der Waals surface area (Å²) in [5.74, 6) is -0.0114. The number of imide groups is 1. The fourth-order valence-electron chi connectivity index (χ4n) is 1.99. The summed E-state index contributed by atoms with van der Waals surface area (Å²) in [4.78, 5) is 28.3. The Morgan fingerprint density at radius 1 is 1.28 bits per heavy atom. The molecule has 0 atom stereocenters. The number of nitrogen functional groups attached to an aromatic ring is 1. The van der Waals surface area contributed by atoms with Gasteiger partial charge in [-0.3, -0.25) is 14.5 Å². The van der Waals surface area contributed by atoms with Crippen LogP contribution in [-0.2, 0) is 16.1 Å². The van der Waals surface area contributed by atoms with E-state index in [1.165, 1.54) is 4.90 Å². The van der Waals surface area contributed by atoms with Crippen molar-refractivity contribution in [3.8, 4) is 0 Å². The molecule has 0 unspecified atom stereocenters. The largest absolute Gasteiger partial charge is 0.439 e. The molecule has 1 saturated heterocycles. The van der Waals surface area contributed by atoms with Gasteiger partial charge >= 0.3 is 0 Å². The van der Waals surface area contributed by atoms with Crippen LogP contribution in [0.2, 0.25) is 0 Å². The van der Waals surface area contributed by atoms with Crippen LogP contribution in [0.15, 0.2) is 22.6 Å². The summed E-state index contributed by atoms with van der Waals surface area (Å²) in [6, 6.07) is 5.12. The Hall–Kier alpha value is -2.37. The number of oxazole rings is 1. The minimum atomic E-state index is -0.179. The van der Waals surface area contributed by atoms with Crippen molar-refractivity contribution in [2.24, 2.45) is 0 Å². The molecule has 2 aromatic rings. The van der Waals surface area contributed by atoms with Crippen LogP contribution >= 0.6 is 0 Å². The number of likely N-dealkylation sites (tertiary alicyclic amines) is 1. The summed E-state index contributed by atoms with van der Waals surface area (Å²) in [6.45, 7) is 0.0895. The lowest BCUT2D eigenvalue weighted by atomic mass is 10.3. The van der Waals surface area contributed by atoms with Crippen LogP contribution in [0.3, 0.4) is 0 Å². The van der Waals surface area contributed by atoms with Crippen molar-refractivity contribution in [2.45, 2.75) is 19.4 Å². The molecule has 6 heteroatoms. The highest BCUT2D eigenvalue weighted by atomic mass is 16.3. The number of amides is 2. The summed E-state index contributed by atoms with van der Waals surface area (Å²) in [5.41, 5.74) is 7.46. The molecule has 92 valence electrons. The Morgan fingerprint density at radius 3 is 2.72 bits per heavy atom. The zero-order valence-corrected chi connectivity index (χ0v) is 9.55. The number of rotatable bonds is 2. The highest BCUT2D eigenvalue weighted by molar-refractivity contribution is 6.01. The zero-order chi connectivity index (χ0) is 12.7. The van der Waals surface area contributed by atoms with Gasteiger partial charge < -0.3 is 10.2 Å². The zero-order valence-electron chi connectivity index (χ0n) is 9.55. The van der Waals surface area contributed by atoms with E-state index in [1.54, 1.807) is 18.2 Å². The molecule has 2 heterocycles. The van der Waals surface area contributed by atoms with Crippen LogP contribution in [0.5, 0.6) is 0 Å². The van der Waals surface area contributed by atoms with Crippen LogP contribution in [0, 0.1) is 0 Å². The predicted octanol–water partition coefficient (Wildman–Crippen LogP) is 1.06. The SMILES string of the molecule is Nc1ccc2oc(CN3C(=O)CCC3=O)nc2c1. The quantitative estimate of drug-likeness (QED) is 0.631. The molecule has 1 aliphatic rings. The van der Waals surface area contributed by atoms with Gasteiger partial charge in [0.15, 0.2) is 5.58 Å². The van der Waals surface area contributed by atoms with Gasteiger partial charge in [0.1, 0.15) is 12.1 Å². The van der Waals surface area contributed by atoms with Crippen molar-refractivity contribution in [1.82, 2.24) is 9.88 Å². The third-order valence-electron chi connectivity index (χ3n) is 2.90. The Labute approximate surface area is 102 Å². The van der Waals surface area contributed by atoms with Gasteiger partial charge in [-0.15, -0.1) is 0 Å². The first-order chi connectivity index (χ1) is 8.63. The van der Waals surface area contributed by atoms with E-state index in [2.05, 4.69) is 4.98 Å². The van der Waals surface area contributed by atoms with Crippen molar-refractivity contribution in [3.63, 3.8) is 0 Å². The maximum Gasteiger partial charge on any atom is 0.230 e. The van der Waals surface area contributed by atoms with Gasteiger partial charge in [-0.2, -0.15) is 0 Å². The van der Waals surface area contributed by atoms with Crippen molar-refractivity contribution in [2.75, 3.05) is 5.73 Å². The normalized spacial score (nSPS) is 15.9. The molecule has 1 aliphatic heterocycles. The Balaban J connectivity index is 1.91. The highest BCUT2D eigenvalue weighted by Crippen LogP contribution is 2.21. The molecule has 0 bridgehead atoms. The topological polar surface area (TPSA) is 89.4 Å². The van der Waals surface area contributed by atoms with Crippen LogP contribution in [0.4, 0.5) is 5.69 Å². The summed E-state index contributed by atoms with van der Waals surface area (Å²) in [7, 11) is 0. The standard InChI is InChI=1S/C12H11N3O3/c13-7-1-2-9-8(5-7)14-10(18-9)6-15-11(16)3-4-12(15)17/h1-2,5H,3-4,6,13H2. The Morgan fingerprint density at radius 2 is 2.00 bits per heavy atom. The number of hydrogen-bond acceptors (Lipinski definition) is 5. The number of benzene rings is 1. The van der Waals surface area contributed by atoms with Gasteiger partial charge in [0.05, 0.1) is 0 Å². The smallest absolute Gasteiger partial charge is 0.230 e. The first kappa shape index (κ1) is 10.8. The number of anilines is 1. The van der Waals surface area contributed by atoms with Crippen molar-refractivity contribution < 1.29 is 14.0 Å². The van der Waals surface area contributed by atoms with Gasteiger partial charge in [-0.1, -0.05) is 0 Å². The van der Waals surface area contributed by atoms with Crippen LogP contribution in [-0.4, -0.2) is 21.7 Å². The van der Waals surface area contributed by atoms with E-state index in [4.69, 9.17) is 10.2 Å². The van der Waals surface area contributed by atoms with Gasteiger partial charge in [0, 0.05) is 18.5 Å². The minimum absolute atomic E-state index is 0.0895. The van der Waals surface area contributed by atoms with E-state index < -0.39 is 0 Å². The van der Waals surface area contributed by atoms with Crippen LogP contribution in [0.1, 0.15) is 18.7 Å². The van der Waals surface area contributed by atoms with Gasteiger partial charge in [0.25, 0.3) is 0 Å². The predicted molar refractivity (Wildman–Crippen MR) is 63.2 cm³/mol. The Kier molecular flexibility index (Phi) is 2.29. The molecule has 6 nitrogen and oxygen atoms in total. The molecule has 1 aromatic carbocycles. The van der Waals surface area contributed by atoms with Gasteiger partial charge in [0.2, 0.25) is 17.7 Å². The van der Waals surface area contributed by atoms with Gasteiger partial charge in [-0.05, 0) is 18.2 Å². The van der Waals surface area contributed by atoms with Crippen LogP contribution in [0.25, 0.3) is 11.1 Å². The number of fused-ring (bicyclic) bond motifs is 1. The average molecular weight is 245 g/mol. The fraction of sp³-hybridized carbons (Fsp3) is 0.250. The summed E-state index contributed by atoms with van der Waals surface area (Å²) >= 11 is 0. The van der Waals surface area contributed by atoms with Crippen molar-refractivity contribution >= 4 is 28.6 Å². The minimum Gasteiger partial charge on any atom is -0.439 e. The summed E-state index contributed by atoms with van der Waals surface area (Å²) in [6.07, 6.45) is 0.540. The number of nitrogens with two attached hydrogens (primary N) is 1. The van der Waals surface area contributed by atoms with E-state index in [9.17, 15) is 9.59 Å². The lowest BCUT2D eigenvalue weighted by molar-refractivity contribution is -0.139. The van der Waals surface area contributed by atoms with E-state index in [1.807, 2.05) is 0 Å². The number of hydrogen-bond donors (Lipinski definition) is 1. The molecule has 1 aromatic heterocycles. The van der Waals surface area contributed by atoms with E-state index in [0.717, 1.165) is 0 Å². The molecular weight excluding hydrogens is 234 g/mol. The molecule has 18 heavy (non-hydrogen) atoms. The molecule has 0 saturated carbocycles. The van der Waals surface area contributed by atoms with Gasteiger partial charge in [-0.25, -0.2) is 4.98 Å². The Bertz CT molecular complexity index is 631. The third kappa shape index (κ3) is 1.71. The van der Waals surface area contributed by atoms with E-state index in [-0.39, 0.29) is 31.2 Å². The summed E-state index contributed by atoms with van der Waals surface area (Å²) in [5, 5.41) is 0. The maximum absolute atomic E-state index is 11.5. The first-order valence-electron chi connectivity index (χ1n) is 5.61. The van der Waals surface area contributed by atoms with Crippen LogP contribution < -0.4 is 5.73 Å². The second kappa shape index (κ2) is 3.83. The average Bonchev–Trinajstić information content (AvgIpc) is 2.86. The molecule has 2 amide bonds. The molecule has 0 spiro atoms. The molecule has 3 rings (SSSR count). The number of carbonyl (C=O) groups is 2. The van der Waals surface area contributed by atoms with E-state index >= 15 is 0 Å². The number of carbonyl (C=O) groups excluding carboxylic acids is 2. The first-order valence-corrected chi connectivity index (χ1v) is 5.61. The molecule has 0 aliphatic carbocycles. The molecule has 0 radical (unpaired) electrons. The second-order valence-electron chi connectivity index (χ2n) is 4.21. The van der Waals surface area contributed by atoms with Crippen molar-refractivity contribution in [3.05, 3.63) is 24.1 Å². The highest BCUT2D eigenvalue weighted by Gasteiger charge is 2.30. The number of aromatic nitrogens is 1. The maximum atomic E-state index is 11.5. The second-order valence-corrected chi connectivity index (χ2v) is 4.21. The fourth-order valence-corrected chi connectivity index (χ4v) is 1.99. The third-order valence-corrected chi connectivity index (χ3v) is 2.90. The van der Waals surface area contributed by atoms with Crippen molar-refractivity contribution in [1.29, 1.82) is 0 Å². The molecular formula is C12H11N3O3. The monoisotopic (exact) mass is 245 g/mol. The number of nitrogens with zero attached hydrogens (tertiary/aromatic N) is 2. The lowest BCUT2D eigenvalue weighted by Crippen LogP contribution is -2.28. The molecule has 2 N–H and O–H groups in total. The molecule has 1 fully saturated rings.